The highest BCUT2D eigenvalue weighted by Crippen LogP contribution is 2.17. The lowest BCUT2D eigenvalue weighted by molar-refractivity contribution is -0.176. The van der Waals surface area contributed by atoms with Gasteiger partial charge in [0.05, 0.1) is 13.2 Å². The minimum Gasteiger partial charge on any atom is -1.00 e. The Bertz CT molecular complexity index is 855. The van der Waals surface area contributed by atoms with Gasteiger partial charge in [-0.3, -0.25) is 9.59 Å². The van der Waals surface area contributed by atoms with E-state index in [1.165, 1.54) is 0 Å². The van der Waals surface area contributed by atoms with Crippen molar-refractivity contribution < 1.29 is 62.1 Å². The third-order valence-corrected chi connectivity index (χ3v) is 8.23. The van der Waals surface area contributed by atoms with Crippen LogP contribution in [0.3, 0.4) is 0 Å². The molecule has 272 valence electrons. The Morgan fingerprint density at radius 2 is 1.18 bits per heavy atom. The van der Waals surface area contributed by atoms with Crippen molar-refractivity contribution in [3.63, 3.8) is 0 Å². The van der Waals surface area contributed by atoms with Crippen molar-refractivity contribution in [2.45, 2.75) is 122 Å². The number of carbonyl (C=O) groups excluding carboxylic acids is 4. The van der Waals surface area contributed by atoms with Crippen molar-refractivity contribution in [1.82, 2.24) is 10.6 Å². The summed E-state index contributed by atoms with van der Waals surface area (Å²) in [5.74, 6) is -5.40. The normalized spacial score (nSPS) is 12.9. The Labute approximate surface area is 284 Å². The van der Waals surface area contributed by atoms with Crippen LogP contribution < -0.4 is 10.6 Å². The predicted molar refractivity (Wildman–Crippen MR) is 175 cm³/mol. The summed E-state index contributed by atoms with van der Waals surface area (Å²) < 4.78 is 84.4. The molecule has 0 fully saturated rings. The van der Waals surface area contributed by atoms with E-state index in [2.05, 4.69) is 42.2 Å². The van der Waals surface area contributed by atoms with Crippen molar-refractivity contribution in [1.29, 1.82) is 0 Å². The van der Waals surface area contributed by atoms with Crippen LogP contribution >= 0.6 is 34.2 Å². The van der Waals surface area contributed by atoms with Crippen molar-refractivity contribution in [3.8, 4) is 0 Å². The number of nitrogens with one attached hydrogen (secondary N) is 2. The standard InChI is InChI=1S/C14H25ClF3NO3Si.C12H19F3INO3.CH4.5H/c1-23(2,3)10-9-22-12(20)11(7-5-4-6-8-15)19-13(21)14(16,17)18;1-2-8-20-10(18)9(6-4-3-5-7-16)17-11(19)12(13,14)15;;;;;;/h11H,4-10H2,1-3H3,(H,19,21);9H,2-8H2,1H3,(H,17,19);1H4;;;;;/q;;;5*-1/t11-;9-;;;;;;/m00....../s1. The molecule has 0 saturated carbocycles. The van der Waals surface area contributed by atoms with Crippen LogP contribution in [0, 0.1) is 0 Å². The average Bonchev–Trinajstić information content (AvgIpc) is 2.88. The van der Waals surface area contributed by atoms with Gasteiger partial charge in [0.15, 0.2) is 0 Å². The zero-order valence-corrected chi connectivity index (χ0v) is 28.9. The van der Waals surface area contributed by atoms with E-state index in [-0.39, 0.29) is 40.6 Å². The first-order valence-corrected chi connectivity index (χ1v) is 19.8. The van der Waals surface area contributed by atoms with Crippen LogP contribution in [-0.4, -0.2) is 79.8 Å². The first-order valence-electron chi connectivity index (χ1n) is 14.0. The molecule has 8 nitrogen and oxygen atoms in total. The van der Waals surface area contributed by atoms with Gasteiger partial charge in [0.1, 0.15) is 12.1 Å². The highest BCUT2D eigenvalue weighted by Gasteiger charge is 2.42. The number of rotatable bonds is 19. The number of halogens is 8. The summed E-state index contributed by atoms with van der Waals surface area (Å²) in [6.45, 7) is 8.35. The Kier molecular flexibility index (Phi) is 26.6. The SMILES string of the molecule is C.CCCOC(=O)[C@H](CCCCCI)NC(=O)C(F)(F)F.C[Si](C)(C)CCOC(=O)[C@H](CCCCCCl)NC(=O)C(F)(F)F.[H-].[H-].[H-].[H-].[H-]. The smallest absolute Gasteiger partial charge is 0.471 e. The lowest BCUT2D eigenvalue weighted by Crippen LogP contribution is -2.47. The Morgan fingerprint density at radius 1 is 0.773 bits per heavy atom. The van der Waals surface area contributed by atoms with Gasteiger partial charge in [-0.15, -0.1) is 11.6 Å². The molecule has 0 aromatic heterocycles. The summed E-state index contributed by atoms with van der Waals surface area (Å²) in [6.07, 6.45) is -5.06. The van der Waals surface area contributed by atoms with E-state index in [0.717, 1.165) is 17.3 Å². The second-order valence-electron chi connectivity index (χ2n) is 10.8. The number of esters is 2. The Balaban J connectivity index is -0.000000103. The lowest BCUT2D eigenvalue weighted by Gasteiger charge is -2.20. The molecule has 0 aromatic carbocycles. The largest absolute Gasteiger partial charge is 1.00 e. The summed E-state index contributed by atoms with van der Waals surface area (Å²) in [7, 11) is -1.42. The minimum atomic E-state index is -5.02. The monoisotopic (exact) mass is 805 g/mol. The number of unbranched alkanes of at least 4 members (excludes halogenated alkanes) is 4. The molecule has 0 rings (SSSR count). The molecular weight excluding hydrogens is 753 g/mol. The van der Waals surface area contributed by atoms with Gasteiger partial charge >= 0.3 is 36.1 Å². The van der Waals surface area contributed by atoms with Gasteiger partial charge in [-0.25, -0.2) is 9.59 Å². The molecule has 0 aliphatic carbocycles. The van der Waals surface area contributed by atoms with E-state index < -0.39 is 56.3 Å². The van der Waals surface area contributed by atoms with E-state index >= 15 is 0 Å². The van der Waals surface area contributed by atoms with Gasteiger partial charge in [-0.05, 0) is 42.6 Å². The molecule has 0 aliphatic rings. The van der Waals surface area contributed by atoms with Crippen LogP contribution in [0.25, 0.3) is 0 Å². The van der Waals surface area contributed by atoms with Crippen LogP contribution in [-0.2, 0) is 28.7 Å². The van der Waals surface area contributed by atoms with E-state index in [9.17, 15) is 45.5 Å². The first-order chi connectivity index (χ1) is 19.8. The number of hydrogen-bond acceptors (Lipinski definition) is 6. The van der Waals surface area contributed by atoms with Crippen molar-refractivity contribution in [3.05, 3.63) is 0 Å². The molecule has 2 N–H and O–H groups in total. The number of alkyl halides is 8. The third-order valence-electron chi connectivity index (χ3n) is 5.49. The minimum absolute atomic E-state index is 0. The number of carbonyl (C=O) groups is 4. The van der Waals surface area contributed by atoms with Crippen LogP contribution in [0.4, 0.5) is 26.3 Å². The van der Waals surface area contributed by atoms with Crippen LogP contribution in [0.5, 0.6) is 0 Å². The fourth-order valence-corrected chi connectivity index (χ4v) is 4.52. The van der Waals surface area contributed by atoms with E-state index in [4.69, 9.17) is 21.1 Å². The fraction of sp³-hybridized carbons (Fsp3) is 0.852. The second kappa shape index (κ2) is 24.9. The van der Waals surface area contributed by atoms with E-state index in [0.29, 0.717) is 44.0 Å². The predicted octanol–water partition coefficient (Wildman–Crippen LogP) is 7.89. The van der Waals surface area contributed by atoms with Crippen LogP contribution in [0.15, 0.2) is 0 Å². The number of hydrogen-bond donors (Lipinski definition) is 2. The Morgan fingerprint density at radius 3 is 1.52 bits per heavy atom. The molecule has 0 bridgehead atoms. The second-order valence-corrected chi connectivity index (χ2v) is 17.8. The molecule has 0 aromatic rings. The fourth-order valence-electron chi connectivity index (χ4n) is 3.08. The molecule has 0 saturated heterocycles. The van der Waals surface area contributed by atoms with E-state index in [1.54, 1.807) is 17.6 Å². The summed E-state index contributed by atoms with van der Waals surface area (Å²) in [6, 6.07) is -1.80. The summed E-state index contributed by atoms with van der Waals surface area (Å²) in [4.78, 5) is 45.5. The molecule has 2 amide bonds. The summed E-state index contributed by atoms with van der Waals surface area (Å²) in [5, 5.41) is 3.42. The molecule has 17 heteroatoms. The van der Waals surface area contributed by atoms with Gasteiger partial charge in [0.2, 0.25) is 0 Å². The summed E-state index contributed by atoms with van der Waals surface area (Å²) in [5.41, 5.74) is 0. The lowest BCUT2D eigenvalue weighted by atomic mass is 10.1. The van der Waals surface area contributed by atoms with Gasteiger partial charge in [-0.1, -0.05) is 82.3 Å². The molecule has 44 heavy (non-hydrogen) atoms. The van der Waals surface area contributed by atoms with Gasteiger partial charge < -0.3 is 27.2 Å². The summed E-state index contributed by atoms with van der Waals surface area (Å²) >= 11 is 7.72. The van der Waals surface area contributed by atoms with Gasteiger partial charge in [0, 0.05) is 14.0 Å². The zero-order valence-electron chi connectivity index (χ0n) is 30.0. The van der Waals surface area contributed by atoms with Crippen LogP contribution in [0.2, 0.25) is 25.7 Å². The molecule has 2 atom stereocenters. The molecule has 0 radical (unpaired) electrons. The maximum atomic E-state index is 12.3. The molecule has 0 aliphatic heterocycles. The van der Waals surface area contributed by atoms with Gasteiger partial charge in [0.25, 0.3) is 0 Å². The molecular formula is C27H53ClF6IN2O6Si-5. The quantitative estimate of drug-likeness (QED) is 0.0343. The topological polar surface area (TPSA) is 111 Å². The van der Waals surface area contributed by atoms with Crippen LogP contribution in [0.1, 0.15) is 79.3 Å². The van der Waals surface area contributed by atoms with E-state index in [1.807, 2.05) is 0 Å². The zero-order chi connectivity index (χ0) is 33.7. The third kappa shape index (κ3) is 26.0. The molecule has 0 heterocycles. The first kappa shape index (κ1) is 47.1. The highest BCUT2D eigenvalue weighted by atomic mass is 127. The maximum Gasteiger partial charge on any atom is 0.471 e. The highest BCUT2D eigenvalue weighted by molar-refractivity contribution is 14.1. The Hall–Kier alpha value is -1.30. The average molecular weight is 806 g/mol. The van der Waals surface area contributed by atoms with Gasteiger partial charge in [-0.2, -0.15) is 26.3 Å². The molecule has 0 spiro atoms. The van der Waals surface area contributed by atoms with Crippen molar-refractivity contribution in [2.75, 3.05) is 23.5 Å². The van der Waals surface area contributed by atoms with Crippen molar-refractivity contribution >= 4 is 66.0 Å². The number of amides is 2. The maximum absolute atomic E-state index is 12.3. The molecule has 0 unspecified atom stereocenters. The van der Waals surface area contributed by atoms with Crippen molar-refractivity contribution in [2.24, 2.45) is 0 Å². The number of ether oxygens (including phenoxy) is 2.